The summed E-state index contributed by atoms with van der Waals surface area (Å²) in [7, 11) is 0. The lowest BCUT2D eigenvalue weighted by Gasteiger charge is -2.13. The minimum absolute atomic E-state index is 0.215. The van der Waals surface area contributed by atoms with Crippen molar-refractivity contribution in [1.29, 1.82) is 0 Å². The highest BCUT2D eigenvalue weighted by Crippen LogP contribution is 2.40. The molecule has 1 aliphatic rings. The first kappa shape index (κ1) is 10.8. The summed E-state index contributed by atoms with van der Waals surface area (Å²) in [6, 6.07) is 0. The molecule has 0 saturated heterocycles. The van der Waals surface area contributed by atoms with Gasteiger partial charge in [-0.1, -0.05) is 0 Å². The first-order valence-electron chi connectivity index (χ1n) is 4.23. The van der Waals surface area contributed by atoms with Crippen molar-refractivity contribution in [2.75, 3.05) is 0 Å². The van der Waals surface area contributed by atoms with Crippen molar-refractivity contribution in [1.82, 2.24) is 9.97 Å². The average Bonchev–Trinajstić information content (AvgIpc) is 2.58. The van der Waals surface area contributed by atoms with Crippen LogP contribution in [0.25, 0.3) is 0 Å². The van der Waals surface area contributed by atoms with Crippen LogP contribution in [-0.2, 0) is 11.3 Å². The number of amides is 1. The summed E-state index contributed by atoms with van der Waals surface area (Å²) in [6.45, 7) is -0.224. The van der Waals surface area contributed by atoms with E-state index in [-0.39, 0.29) is 17.9 Å². The maximum Gasteiger partial charge on any atom is 0.420 e. The summed E-state index contributed by atoms with van der Waals surface area (Å²) in [6.07, 6.45) is -5.55. The van der Waals surface area contributed by atoms with E-state index in [4.69, 9.17) is 5.73 Å². The Morgan fingerprint density at radius 1 is 1.56 bits per heavy atom. The van der Waals surface area contributed by atoms with E-state index in [9.17, 15) is 18.0 Å². The van der Waals surface area contributed by atoms with Gasteiger partial charge in [0.2, 0.25) is 5.82 Å². The number of aromatic nitrogens is 2. The molecule has 0 saturated carbocycles. The van der Waals surface area contributed by atoms with Crippen molar-refractivity contribution in [2.24, 2.45) is 5.73 Å². The average molecular weight is 233 g/mol. The fourth-order valence-corrected chi connectivity index (χ4v) is 1.38. The molecule has 1 amide bonds. The molecule has 0 aliphatic carbocycles. The van der Waals surface area contributed by atoms with Crippen molar-refractivity contribution in [3.8, 4) is 0 Å². The second-order valence-electron chi connectivity index (χ2n) is 3.20. The van der Waals surface area contributed by atoms with Crippen molar-refractivity contribution >= 4 is 5.91 Å². The highest BCUT2D eigenvalue weighted by molar-refractivity contribution is 5.88. The number of hydrogen-bond donors (Lipinski definition) is 1. The van der Waals surface area contributed by atoms with E-state index in [1.54, 1.807) is 0 Å². The van der Waals surface area contributed by atoms with Crippen LogP contribution < -0.4 is 5.73 Å². The number of fused-ring (bicyclic) bond motifs is 1. The van der Waals surface area contributed by atoms with Gasteiger partial charge in [-0.15, -0.1) is 0 Å². The van der Waals surface area contributed by atoms with E-state index in [2.05, 4.69) is 14.7 Å². The molecule has 0 aromatic carbocycles. The molecule has 1 aliphatic heterocycles. The predicted octanol–water partition coefficient (Wildman–Crippen LogP) is 0.709. The minimum Gasteiger partial charge on any atom is -0.363 e. The Labute approximate surface area is 87.4 Å². The normalized spacial score (nSPS) is 19.6. The zero-order chi connectivity index (χ0) is 11.9. The first-order valence-corrected chi connectivity index (χ1v) is 4.23. The third kappa shape index (κ3) is 1.71. The van der Waals surface area contributed by atoms with Crippen LogP contribution in [0.5, 0.6) is 0 Å². The molecular formula is C8H6F3N3O2. The highest BCUT2D eigenvalue weighted by atomic mass is 19.4. The minimum atomic E-state index is -4.56. The Morgan fingerprint density at radius 3 is 2.81 bits per heavy atom. The van der Waals surface area contributed by atoms with Crippen LogP contribution in [0.1, 0.15) is 28.0 Å². The van der Waals surface area contributed by atoms with E-state index in [0.29, 0.717) is 0 Å². The fraction of sp³-hybridized carbons (Fsp3) is 0.375. The molecule has 1 unspecified atom stereocenters. The standard InChI is InChI=1S/C8H6F3N3O2/c9-8(10,11)5-4-3(2-16-5)1-13-7(14-4)6(12)15/h1,5H,2H2,(H2,12,15). The Bertz CT molecular complexity index is 447. The van der Waals surface area contributed by atoms with Crippen LogP contribution in [0, 0.1) is 0 Å². The second-order valence-corrected chi connectivity index (χ2v) is 3.20. The van der Waals surface area contributed by atoms with Crippen molar-refractivity contribution in [3.63, 3.8) is 0 Å². The monoisotopic (exact) mass is 233 g/mol. The fourth-order valence-electron chi connectivity index (χ4n) is 1.38. The van der Waals surface area contributed by atoms with E-state index in [1.165, 1.54) is 0 Å². The predicted molar refractivity (Wildman–Crippen MR) is 44.1 cm³/mol. The number of nitrogens with zero attached hydrogens (tertiary/aromatic N) is 2. The molecule has 0 spiro atoms. The molecule has 2 N–H and O–H groups in total. The van der Waals surface area contributed by atoms with Gasteiger partial charge in [0.05, 0.1) is 12.3 Å². The second kappa shape index (κ2) is 3.41. The zero-order valence-electron chi connectivity index (χ0n) is 7.78. The van der Waals surface area contributed by atoms with Gasteiger partial charge < -0.3 is 10.5 Å². The van der Waals surface area contributed by atoms with Crippen LogP contribution in [0.15, 0.2) is 6.20 Å². The van der Waals surface area contributed by atoms with Gasteiger partial charge in [0, 0.05) is 11.8 Å². The Hall–Kier alpha value is -1.70. The lowest BCUT2D eigenvalue weighted by atomic mass is 10.2. The molecule has 86 valence electrons. The SMILES string of the molecule is NC(=O)c1ncc2c(n1)C(C(F)(F)F)OC2. The zero-order valence-corrected chi connectivity index (χ0v) is 7.78. The number of ether oxygens (including phenoxy) is 1. The molecule has 1 aromatic rings. The number of carbonyl (C=O) groups excluding carboxylic acids is 1. The van der Waals surface area contributed by atoms with Crippen molar-refractivity contribution < 1.29 is 22.7 Å². The van der Waals surface area contributed by atoms with Crippen LogP contribution in [0.4, 0.5) is 13.2 Å². The number of rotatable bonds is 1. The van der Waals surface area contributed by atoms with Crippen LogP contribution in [0.2, 0.25) is 0 Å². The maximum absolute atomic E-state index is 12.5. The van der Waals surface area contributed by atoms with Gasteiger partial charge >= 0.3 is 6.18 Å². The van der Waals surface area contributed by atoms with Gasteiger partial charge in [-0.05, 0) is 0 Å². The highest BCUT2D eigenvalue weighted by Gasteiger charge is 2.47. The van der Waals surface area contributed by atoms with Crippen LogP contribution in [-0.4, -0.2) is 22.1 Å². The molecule has 0 fully saturated rings. The third-order valence-electron chi connectivity index (χ3n) is 2.07. The molecule has 5 nitrogen and oxygen atoms in total. The molecule has 1 aromatic heterocycles. The molecule has 2 heterocycles. The number of hydrogen-bond acceptors (Lipinski definition) is 4. The van der Waals surface area contributed by atoms with Gasteiger partial charge in [0.25, 0.3) is 5.91 Å². The summed E-state index contributed by atoms with van der Waals surface area (Å²) >= 11 is 0. The summed E-state index contributed by atoms with van der Waals surface area (Å²) < 4.78 is 42.0. The number of halogens is 3. The van der Waals surface area contributed by atoms with Gasteiger partial charge in [-0.3, -0.25) is 4.79 Å². The molecule has 16 heavy (non-hydrogen) atoms. The largest absolute Gasteiger partial charge is 0.420 e. The van der Waals surface area contributed by atoms with E-state index >= 15 is 0 Å². The van der Waals surface area contributed by atoms with Gasteiger partial charge in [-0.25, -0.2) is 9.97 Å². The third-order valence-corrected chi connectivity index (χ3v) is 2.07. The molecule has 8 heteroatoms. The number of carbonyl (C=O) groups is 1. The maximum atomic E-state index is 12.5. The molecular weight excluding hydrogens is 227 g/mol. The quantitative estimate of drug-likeness (QED) is 0.774. The summed E-state index contributed by atoms with van der Waals surface area (Å²) in [5.74, 6) is -1.42. The van der Waals surface area contributed by atoms with Crippen LogP contribution >= 0.6 is 0 Å². The lowest BCUT2D eigenvalue weighted by Crippen LogP contribution is -2.23. The van der Waals surface area contributed by atoms with Crippen LogP contribution in [0.3, 0.4) is 0 Å². The van der Waals surface area contributed by atoms with Crippen molar-refractivity contribution in [2.45, 2.75) is 18.9 Å². The van der Waals surface area contributed by atoms with E-state index in [0.717, 1.165) is 6.20 Å². The first-order chi connectivity index (χ1) is 7.39. The van der Waals surface area contributed by atoms with E-state index < -0.39 is 24.0 Å². The Morgan fingerprint density at radius 2 is 2.25 bits per heavy atom. The molecule has 0 radical (unpaired) electrons. The smallest absolute Gasteiger partial charge is 0.363 e. The number of alkyl halides is 3. The summed E-state index contributed by atoms with van der Waals surface area (Å²) in [5.41, 5.74) is 4.75. The Kier molecular flexibility index (Phi) is 2.30. The summed E-state index contributed by atoms with van der Waals surface area (Å²) in [4.78, 5) is 17.7. The van der Waals surface area contributed by atoms with Gasteiger partial charge in [0.1, 0.15) is 0 Å². The Balaban J connectivity index is 2.45. The van der Waals surface area contributed by atoms with Crippen molar-refractivity contribution in [3.05, 3.63) is 23.3 Å². The molecule has 2 rings (SSSR count). The van der Waals surface area contributed by atoms with Gasteiger partial charge in [0.15, 0.2) is 6.10 Å². The lowest BCUT2D eigenvalue weighted by molar-refractivity contribution is -0.220. The van der Waals surface area contributed by atoms with E-state index in [1.807, 2.05) is 0 Å². The topological polar surface area (TPSA) is 78.1 Å². The molecule has 1 atom stereocenters. The molecule has 0 bridgehead atoms. The number of nitrogens with two attached hydrogens (primary N) is 1. The van der Waals surface area contributed by atoms with Gasteiger partial charge in [-0.2, -0.15) is 13.2 Å². The number of primary amides is 1. The summed E-state index contributed by atoms with van der Waals surface area (Å²) in [5, 5.41) is 0.